The highest BCUT2D eigenvalue weighted by Gasteiger charge is 2.30. The highest BCUT2D eigenvalue weighted by Crippen LogP contribution is 2.47. The maximum Gasteiger partial charge on any atom is 0.414 e. The van der Waals surface area contributed by atoms with Gasteiger partial charge in [0, 0.05) is 27.0 Å². The molecule has 4 aromatic carbocycles. The number of cyclic esters (lactones) is 1. The highest BCUT2D eigenvalue weighted by molar-refractivity contribution is 8.01. The number of amides is 1. The maximum atomic E-state index is 16.2. The van der Waals surface area contributed by atoms with Crippen molar-refractivity contribution in [1.29, 1.82) is 0 Å². The summed E-state index contributed by atoms with van der Waals surface area (Å²) in [6, 6.07) is 32.1. The summed E-state index contributed by atoms with van der Waals surface area (Å²) >= 11 is 4.51. The number of halogens is 1. The third-order valence-corrected chi connectivity index (χ3v) is 9.41. The predicted molar refractivity (Wildman–Crippen MR) is 153 cm³/mol. The van der Waals surface area contributed by atoms with Gasteiger partial charge in [0.05, 0.1) is 17.1 Å². The molecule has 1 saturated heterocycles. The Morgan fingerprint density at radius 2 is 1.19 bits per heavy atom. The van der Waals surface area contributed by atoms with Crippen LogP contribution in [0.2, 0.25) is 0 Å². The van der Waals surface area contributed by atoms with Crippen LogP contribution in [-0.4, -0.2) is 19.2 Å². The summed E-state index contributed by atoms with van der Waals surface area (Å²) in [5.74, 6) is 1.72. The average Bonchev–Trinajstić information content (AvgIpc) is 3.38. The van der Waals surface area contributed by atoms with E-state index in [0.29, 0.717) is 40.2 Å². The Morgan fingerprint density at radius 1 is 0.703 bits per heavy atom. The van der Waals surface area contributed by atoms with E-state index in [2.05, 4.69) is 24.3 Å². The fourth-order valence-electron chi connectivity index (χ4n) is 3.96. The number of ether oxygens (including phenoxy) is 1. The van der Waals surface area contributed by atoms with Crippen LogP contribution in [0.5, 0.6) is 0 Å². The van der Waals surface area contributed by atoms with Gasteiger partial charge in [-0.1, -0.05) is 91.0 Å². The van der Waals surface area contributed by atoms with E-state index in [9.17, 15) is 4.79 Å². The third-order valence-electron chi connectivity index (χ3n) is 5.86. The van der Waals surface area contributed by atoms with E-state index >= 15 is 4.39 Å². The molecule has 1 heterocycles. The topological polar surface area (TPSA) is 29.5 Å². The molecule has 1 aliphatic heterocycles. The first kappa shape index (κ1) is 25.8. The van der Waals surface area contributed by atoms with Crippen LogP contribution in [0.3, 0.4) is 0 Å². The Labute approximate surface area is 229 Å². The molecular formula is C30H26FNO2S3. The number of carbonyl (C=O) groups is 1. The zero-order valence-electron chi connectivity index (χ0n) is 20.1. The van der Waals surface area contributed by atoms with Crippen molar-refractivity contribution in [1.82, 2.24) is 0 Å². The standard InChI is InChI=1S/C30H26FNO2S3/c31-27-26(35-19-22-10-4-1-5-11-22)18-25(32-16-17-34-30(32)33)28(36-20-23-12-6-2-7-13-23)29(27)37-21-24-14-8-3-9-15-24/h1-15,18H,16-17,19-21H2. The Bertz CT molecular complexity index is 1340. The van der Waals surface area contributed by atoms with Crippen LogP contribution < -0.4 is 4.90 Å². The van der Waals surface area contributed by atoms with Gasteiger partial charge in [-0.2, -0.15) is 0 Å². The van der Waals surface area contributed by atoms with E-state index in [4.69, 9.17) is 4.74 Å². The van der Waals surface area contributed by atoms with E-state index in [1.807, 2.05) is 72.8 Å². The van der Waals surface area contributed by atoms with Crippen molar-refractivity contribution in [2.24, 2.45) is 0 Å². The van der Waals surface area contributed by atoms with E-state index in [1.54, 1.807) is 16.7 Å². The molecule has 0 spiro atoms. The largest absolute Gasteiger partial charge is 0.447 e. The van der Waals surface area contributed by atoms with Crippen LogP contribution in [0.4, 0.5) is 14.9 Å². The lowest BCUT2D eigenvalue weighted by atomic mass is 10.2. The van der Waals surface area contributed by atoms with Gasteiger partial charge in [-0.3, -0.25) is 4.90 Å². The molecule has 0 atom stereocenters. The molecule has 0 bridgehead atoms. The minimum atomic E-state index is -0.383. The number of hydrogen-bond donors (Lipinski definition) is 0. The van der Waals surface area contributed by atoms with Crippen molar-refractivity contribution in [2.45, 2.75) is 31.9 Å². The number of thioether (sulfide) groups is 3. The second kappa shape index (κ2) is 12.6. The summed E-state index contributed by atoms with van der Waals surface area (Å²) in [6.45, 7) is 0.785. The zero-order valence-corrected chi connectivity index (χ0v) is 22.6. The third kappa shape index (κ3) is 6.53. The quantitative estimate of drug-likeness (QED) is 0.185. The van der Waals surface area contributed by atoms with Crippen molar-refractivity contribution in [2.75, 3.05) is 18.1 Å². The number of hydrogen-bond acceptors (Lipinski definition) is 5. The van der Waals surface area contributed by atoms with Gasteiger partial charge in [0.15, 0.2) is 5.82 Å². The van der Waals surface area contributed by atoms with Gasteiger partial charge in [0.2, 0.25) is 0 Å². The summed E-state index contributed by atoms with van der Waals surface area (Å²) in [4.78, 5) is 16.2. The SMILES string of the molecule is O=C1OCCN1c1cc(SCc2ccccc2)c(F)c(SCc2ccccc2)c1SCc1ccccc1. The van der Waals surface area contributed by atoms with Crippen LogP contribution >= 0.6 is 35.3 Å². The van der Waals surface area contributed by atoms with Gasteiger partial charge in [-0.05, 0) is 22.8 Å². The smallest absolute Gasteiger partial charge is 0.414 e. The van der Waals surface area contributed by atoms with Crippen molar-refractivity contribution in [3.05, 3.63) is 120 Å². The lowest BCUT2D eigenvalue weighted by Crippen LogP contribution is -2.24. The van der Waals surface area contributed by atoms with Crippen LogP contribution in [0.15, 0.2) is 112 Å². The first-order chi connectivity index (χ1) is 18.2. The van der Waals surface area contributed by atoms with Crippen molar-refractivity contribution >= 4 is 47.1 Å². The summed E-state index contributed by atoms with van der Waals surface area (Å²) in [6.07, 6.45) is -0.383. The van der Waals surface area contributed by atoms with Crippen LogP contribution in [0.25, 0.3) is 0 Å². The maximum absolute atomic E-state index is 16.2. The van der Waals surface area contributed by atoms with Gasteiger partial charge in [0.25, 0.3) is 0 Å². The monoisotopic (exact) mass is 547 g/mol. The Hall–Kier alpha value is -2.87. The normalized spacial score (nSPS) is 13.1. The second-order valence-electron chi connectivity index (χ2n) is 8.45. The Balaban J connectivity index is 1.54. The molecule has 7 heteroatoms. The first-order valence-electron chi connectivity index (χ1n) is 12.0. The molecule has 0 unspecified atom stereocenters. The number of anilines is 1. The molecule has 188 valence electrons. The molecule has 0 aromatic heterocycles. The number of benzene rings is 4. The van der Waals surface area contributed by atoms with Crippen LogP contribution in [0, 0.1) is 5.82 Å². The fraction of sp³-hybridized carbons (Fsp3) is 0.167. The lowest BCUT2D eigenvalue weighted by Gasteiger charge is -2.22. The Morgan fingerprint density at radius 3 is 1.68 bits per heavy atom. The van der Waals surface area contributed by atoms with E-state index < -0.39 is 0 Å². The van der Waals surface area contributed by atoms with E-state index in [1.165, 1.54) is 23.5 Å². The van der Waals surface area contributed by atoms with Gasteiger partial charge in [0.1, 0.15) is 6.61 Å². The molecule has 0 N–H and O–H groups in total. The number of carbonyl (C=O) groups excluding carboxylic acids is 1. The molecule has 0 radical (unpaired) electrons. The second-order valence-corrected chi connectivity index (χ2v) is 11.4. The van der Waals surface area contributed by atoms with Crippen LogP contribution in [-0.2, 0) is 22.0 Å². The highest BCUT2D eigenvalue weighted by atomic mass is 32.2. The molecule has 0 saturated carbocycles. The molecule has 3 nitrogen and oxygen atoms in total. The van der Waals surface area contributed by atoms with E-state index in [-0.39, 0.29) is 11.9 Å². The summed E-state index contributed by atoms with van der Waals surface area (Å²) in [5, 5.41) is 0. The van der Waals surface area contributed by atoms with Crippen molar-refractivity contribution in [3.63, 3.8) is 0 Å². The minimum absolute atomic E-state index is 0.228. The van der Waals surface area contributed by atoms with Gasteiger partial charge in [-0.25, -0.2) is 9.18 Å². The van der Waals surface area contributed by atoms with Crippen molar-refractivity contribution < 1.29 is 13.9 Å². The van der Waals surface area contributed by atoms with Gasteiger partial charge in [-0.15, -0.1) is 35.3 Å². The molecular weight excluding hydrogens is 522 g/mol. The zero-order chi connectivity index (χ0) is 25.5. The molecule has 1 fully saturated rings. The number of nitrogens with zero attached hydrogens (tertiary/aromatic N) is 1. The summed E-state index contributed by atoms with van der Waals surface area (Å²) in [7, 11) is 0. The molecule has 1 aliphatic rings. The van der Waals surface area contributed by atoms with Gasteiger partial charge >= 0.3 is 6.09 Å². The van der Waals surface area contributed by atoms with Crippen LogP contribution in [0.1, 0.15) is 16.7 Å². The lowest BCUT2D eigenvalue weighted by molar-refractivity contribution is 0.181. The van der Waals surface area contributed by atoms with E-state index in [0.717, 1.165) is 27.3 Å². The summed E-state index contributed by atoms with van der Waals surface area (Å²) in [5.41, 5.74) is 4.10. The number of rotatable bonds is 10. The minimum Gasteiger partial charge on any atom is -0.447 e. The molecule has 1 amide bonds. The summed E-state index contributed by atoms with van der Waals surface area (Å²) < 4.78 is 21.5. The average molecular weight is 548 g/mol. The molecule has 5 rings (SSSR count). The first-order valence-corrected chi connectivity index (χ1v) is 15.0. The fourth-order valence-corrected chi connectivity index (χ4v) is 7.34. The predicted octanol–water partition coefficient (Wildman–Crippen LogP) is 8.66. The van der Waals surface area contributed by atoms with Gasteiger partial charge < -0.3 is 4.74 Å². The van der Waals surface area contributed by atoms with Crippen molar-refractivity contribution in [3.8, 4) is 0 Å². The molecule has 37 heavy (non-hydrogen) atoms. The molecule has 4 aromatic rings. The molecule has 0 aliphatic carbocycles. The Kier molecular flexibility index (Phi) is 8.76.